The zero-order valence-electron chi connectivity index (χ0n) is 9.65. The summed E-state index contributed by atoms with van der Waals surface area (Å²) in [5.74, 6) is -0.693. The number of halogens is 2. The molecule has 0 unspecified atom stereocenters. The van der Waals surface area contributed by atoms with E-state index in [0.717, 1.165) is 17.8 Å². The van der Waals surface area contributed by atoms with Crippen LogP contribution in [0.3, 0.4) is 0 Å². The predicted molar refractivity (Wildman–Crippen MR) is 66.7 cm³/mol. The van der Waals surface area contributed by atoms with E-state index in [1.807, 2.05) is 6.92 Å². The largest absolute Gasteiger partial charge is 0.354 e. The highest BCUT2D eigenvalue weighted by Crippen LogP contribution is 2.28. The van der Waals surface area contributed by atoms with Gasteiger partial charge >= 0.3 is 0 Å². The molecule has 0 fully saturated rings. The molecule has 1 heterocycles. The fourth-order valence-electron chi connectivity index (χ4n) is 1.31. The van der Waals surface area contributed by atoms with Gasteiger partial charge in [0.1, 0.15) is 16.7 Å². The number of nitrogens with zero attached hydrogens (tertiary/aromatic N) is 2. The summed E-state index contributed by atoms with van der Waals surface area (Å²) in [6.07, 6.45) is 1.59. The second-order valence-electron chi connectivity index (χ2n) is 3.43. The number of hydrogen-bond donors (Lipinski definition) is 1. The minimum absolute atomic E-state index is 0.331. The molecule has 1 aromatic carbocycles. The number of anilines is 1. The second kappa shape index (κ2) is 5.77. The van der Waals surface area contributed by atoms with E-state index in [1.54, 1.807) is 12.3 Å². The fraction of sp³-hybridized carbons (Fsp3) is 0.167. The van der Waals surface area contributed by atoms with Crippen molar-refractivity contribution < 1.29 is 8.78 Å². The van der Waals surface area contributed by atoms with Gasteiger partial charge in [-0.2, -0.15) is 0 Å². The van der Waals surface area contributed by atoms with Gasteiger partial charge in [0, 0.05) is 23.7 Å². The molecule has 0 saturated carbocycles. The fourth-order valence-corrected chi connectivity index (χ4v) is 2.09. The van der Waals surface area contributed by atoms with Crippen LogP contribution in [0.15, 0.2) is 40.4 Å². The van der Waals surface area contributed by atoms with Gasteiger partial charge in [-0.25, -0.2) is 18.7 Å². The van der Waals surface area contributed by atoms with Crippen molar-refractivity contribution in [2.45, 2.75) is 16.8 Å². The van der Waals surface area contributed by atoms with Crippen molar-refractivity contribution in [3.63, 3.8) is 0 Å². The maximum atomic E-state index is 13.5. The molecule has 0 aliphatic heterocycles. The summed E-state index contributed by atoms with van der Waals surface area (Å²) in [5.41, 5.74) is 0. The summed E-state index contributed by atoms with van der Waals surface area (Å²) in [6, 6.07) is 5.14. The summed E-state index contributed by atoms with van der Waals surface area (Å²) in [4.78, 5) is 8.55. The van der Waals surface area contributed by atoms with E-state index in [1.165, 1.54) is 12.1 Å². The molecular formula is C12H11F2N3S. The van der Waals surface area contributed by atoms with Crippen molar-refractivity contribution in [1.82, 2.24) is 9.97 Å². The van der Waals surface area contributed by atoms with Crippen LogP contribution < -0.4 is 5.32 Å². The van der Waals surface area contributed by atoms with Crippen molar-refractivity contribution >= 4 is 17.7 Å². The first-order valence-electron chi connectivity index (χ1n) is 5.39. The Labute approximate surface area is 108 Å². The normalized spacial score (nSPS) is 10.4. The molecule has 0 aliphatic carbocycles. The Morgan fingerprint density at radius 1 is 1.28 bits per heavy atom. The van der Waals surface area contributed by atoms with Crippen LogP contribution >= 0.6 is 11.8 Å². The van der Waals surface area contributed by atoms with Gasteiger partial charge in [-0.1, -0.05) is 11.8 Å². The third-order valence-electron chi connectivity index (χ3n) is 2.07. The molecule has 2 rings (SSSR count). The maximum absolute atomic E-state index is 13.5. The van der Waals surface area contributed by atoms with Crippen molar-refractivity contribution in [3.05, 3.63) is 42.1 Å². The summed E-state index contributed by atoms with van der Waals surface area (Å²) in [7, 11) is 0. The summed E-state index contributed by atoms with van der Waals surface area (Å²) < 4.78 is 26.2. The Hall–Kier alpha value is -1.69. The van der Waals surface area contributed by atoms with Crippen LogP contribution in [0.25, 0.3) is 0 Å². The third kappa shape index (κ3) is 3.16. The lowest BCUT2D eigenvalue weighted by atomic mass is 10.3. The average molecular weight is 267 g/mol. The van der Waals surface area contributed by atoms with E-state index >= 15 is 0 Å². The van der Waals surface area contributed by atoms with E-state index in [-0.39, 0.29) is 0 Å². The van der Waals surface area contributed by atoms with Gasteiger partial charge in [-0.3, -0.25) is 0 Å². The minimum Gasteiger partial charge on any atom is -0.354 e. The zero-order chi connectivity index (χ0) is 13.0. The van der Waals surface area contributed by atoms with Crippen molar-refractivity contribution in [3.8, 4) is 0 Å². The Balaban J connectivity index is 2.20. The zero-order valence-corrected chi connectivity index (χ0v) is 10.5. The molecule has 18 heavy (non-hydrogen) atoms. The molecule has 3 nitrogen and oxygen atoms in total. The van der Waals surface area contributed by atoms with Gasteiger partial charge in [-0.05, 0) is 25.1 Å². The Kier molecular flexibility index (Phi) is 4.09. The van der Waals surface area contributed by atoms with Gasteiger partial charge in [-0.15, -0.1) is 0 Å². The summed E-state index contributed by atoms with van der Waals surface area (Å²) in [5, 5.41) is 3.57. The third-order valence-corrected chi connectivity index (χ3v) is 3.06. The highest BCUT2D eigenvalue weighted by atomic mass is 32.2. The van der Waals surface area contributed by atoms with Crippen molar-refractivity contribution in [2.24, 2.45) is 0 Å². The Morgan fingerprint density at radius 2 is 2.11 bits per heavy atom. The number of rotatable bonds is 4. The van der Waals surface area contributed by atoms with E-state index in [9.17, 15) is 8.78 Å². The molecule has 0 spiro atoms. The topological polar surface area (TPSA) is 37.8 Å². The number of nitrogens with one attached hydrogen (secondary N) is 1. The molecule has 1 N–H and O–H groups in total. The molecule has 0 saturated heterocycles. The van der Waals surface area contributed by atoms with Crippen LogP contribution in [0.5, 0.6) is 0 Å². The smallest absolute Gasteiger partial charge is 0.223 e. The van der Waals surface area contributed by atoms with Gasteiger partial charge in [0.2, 0.25) is 5.95 Å². The van der Waals surface area contributed by atoms with E-state index < -0.39 is 11.6 Å². The first-order valence-corrected chi connectivity index (χ1v) is 6.20. The summed E-state index contributed by atoms with van der Waals surface area (Å²) >= 11 is 1.13. The molecule has 0 atom stereocenters. The molecular weight excluding hydrogens is 256 g/mol. The molecule has 2 aromatic rings. The van der Waals surface area contributed by atoms with E-state index in [2.05, 4.69) is 15.3 Å². The highest BCUT2D eigenvalue weighted by molar-refractivity contribution is 7.99. The molecule has 0 radical (unpaired) electrons. The minimum atomic E-state index is -0.594. The van der Waals surface area contributed by atoms with Gasteiger partial charge in [0.25, 0.3) is 0 Å². The second-order valence-corrected chi connectivity index (χ2v) is 4.49. The maximum Gasteiger partial charge on any atom is 0.223 e. The van der Waals surface area contributed by atoms with Crippen molar-refractivity contribution in [1.29, 1.82) is 0 Å². The lowest BCUT2D eigenvalue weighted by molar-refractivity contribution is 0.565. The first-order chi connectivity index (χ1) is 8.69. The predicted octanol–water partition coefficient (Wildman–Crippen LogP) is 3.34. The molecule has 0 amide bonds. The molecule has 1 aromatic heterocycles. The molecule has 0 aliphatic rings. The number of hydrogen-bond acceptors (Lipinski definition) is 4. The lowest BCUT2D eigenvalue weighted by Gasteiger charge is -2.05. The lowest BCUT2D eigenvalue weighted by Crippen LogP contribution is -2.01. The molecule has 6 heteroatoms. The number of benzene rings is 1. The van der Waals surface area contributed by atoms with Crippen LogP contribution in [-0.2, 0) is 0 Å². The van der Waals surface area contributed by atoms with Crippen molar-refractivity contribution in [2.75, 3.05) is 11.9 Å². The van der Waals surface area contributed by atoms with E-state index in [4.69, 9.17) is 0 Å². The van der Waals surface area contributed by atoms with Gasteiger partial charge in [0.15, 0.2) is 0 Å². The average Bonchev–Trinajstić information content (AvgIpc) is 2.34. The van der Waals surface area contributed by atoms with Crippen LogP contribution in [-0.4, -0.2) is 16.5 Å². The number of aromatic nitrogens is 2. The molecule has 94 valence electrons. The van der Waals surface area contributed by atoms with Crippen LogP contribution in [0.2, 0.25) is 0 Å². The van der Waals surface area contributed by atoms with E-state index in [0.29, 0.717) is 22.4 Å². The Morgan fingerprint density at radius 3 is 2.83 bits per heavy atom. The SMILES string of the molecule is CCNc1nccc(Sc2ccc(F)cc2F)n1. The monoisotopic (exact) mass is 267 g/mol. The standard InChI is InChI=1S/C12H11F2N3S/c1-2-15-12-16-6-5-11(17-12)18-10-4-3-8(13)7-9(10)14/h3-7H,2H2,1H3,(H,15,16,17). The first kappa shape index (κ1) is 12.8. The van der Waals surface area contributed by atoms with Crippen LogP contribution in [0, 0.1) is 11.6 Å². The molecule has 0 bridgehead atoms. The highest BCUT2D eigenvalue weighted by Gasteiger charge is 2.07. The quantitative estimate of drug-likeness (QED) is 0.862. The van der Waals surface area contributed by atoms with Crippen LogP contribution in [0.4, 0.5) is 14.7 Å². The summed E-state index contributed by atoms with van der Waals surface area (Å²) in [6.45, 7) is 2.64. The van der Waals surface area contributed by atoms with Gasteiger partial charge < -0.3 is 5.32 Å². The van der Waals surface area contributed by atoms with Crippen LogP contribution in [0.1, 0.15) is 6.92 Å². The van der Waals surface area contributed by atoms with Gasteiger partial charge in [0.05, 0.1) is 0 Å². The Bertz CT molecular complexity index is 549.